The van der Waals surface area contributed by atoms with Gasteiger partial charge in [0.2, 0.25) is 0 Å². The number of amidine groups is 1. The molecular weight excluding hydrogens is 216 g/mol. The first-order valence-corrected chi connectivity index (χ1v) is 4.66. The number of aromatic amines is 1. The standard InChI is InChI=1S/C9H9ClN4O/c10-7-2-5(9(11)14-15)1-6-4-12-13-8(6)3-7/h1,3-4,15H,2H2,(H2,11,14)(H,12,13). The van der Waals surface area contributed by atoms with Crippen molar-refractivity contribution in [3.05, 3.63) is 28.1 Å². The maximum atomic E-state index is 8.60. The number of nitrogens with two attached hydrogens (primary N) is 1. The predicted molar refractivity (Wildman–Crippen MR) is 58.4 cm³/mol. The summed E-state index contributed by atoms with van der Waals surface area (Å²) in [4.78, 5) is 0. The molecule has 0 saturated heterocycles. The Balaban J connectivity index is 2.51. The molecule has 1 aliphatic carbocycles. The van der Waals surface area contributed by atoms with Gasteiger partial charge in [0.25, 0.3) is 0 Å². The topological polar surface area (TPSA) is 87.3 Å². The molecule has 78 valence electrons. The molecule has 6 heteroatoms. The first-order chi connectivity index (χ1) is 7.20. The number of hydrogen-bond acceptors (Lipinski definition) is 3. The van der Waals surface area contributed by atoms with Crippen molar-refractivity contribution in [2.24, 2.45) is 10.9 Å². The first-order valence-electron chi connectivity index (χ1n) is 4.28. The lowest BCUT2D eigenvalue weighted by atomic mass is 10.1. The molecule has 0 unspecified atom stereocenters. The third-order valence-electron chi connectivity index (χ3n) is 2.13. The van der Waals surface area contributed by atoms with Gasteiger partial charge >= 0.3 is 0 Å². The second-order valence-corrected chi connectivity index (χ2v) is 3.65. The fourth-order valence-electron chi connectivity index (χ4n) is 1.39. The lowest BCUT2D eigenvalue weighted by Crippen LogP contribution is -2.14. The molecule has 1 aromatic rings. The molecule has 1 heterocycles. The van der Waals surface area contributed by atoms with E-state index in [0.29, 0.717) is 17.0 Å². The highest BCUT2D eigenvalue weighted by Crippen LogP contribution is 2.26. The van der Waals surface area contributed by atoms with E-state index in [1.807, 2.05) is 0 Å². The zero-order valence-electron chi connectivity index (χ0n) is 7.74. The van der Waals surface area contributed by atoms with Crippen LogP contribution in [0.25, 0.3) is 12.2 Å². The van der Waals surface area contributed by atoms with Crippen molar-refractivity contribution in [1.82, 2.24) is 10.2 Å². The highest BCUT2D eigenvalue weighted by Gasteiger charge is 2.13. The molecule has 1 aromatic heterocycles. The third-order valence-corrected chi connectivity index (χ3v) is 2.37. The summed E-state index contributed by atoms with van der Waals surface area (Å²) >= 11 is 5.98. The summed E-state index contributed by atoms with van der Waals surface area (Å²) in [6.07, 6.45) is 5.67. The van der Waals surface area contributed by atoms with Gasteiger partial charge in [0.05, 0.1) is 11.9 Å². The SMILES string of the molecule is N/C(=N/O)C1=Cc2cn[nH]c2C=C(Cl)C1. The predicted octanol–water partition coefficient (Wildman–Crippen LogP) is 1.52. The van der Waals surface area contributed by atoms with Gasteiger partial charge in [0.15, 0.2) is 5.84 Å². The molecule has 0 saturated carbocycles. The maximum Gasteiger partial charge on any atom is 0.166 e. The van der Waals surface area contributed by atoms with Crippen molar-refractivity contribution in [2.75, 3.05) is 0 Å². The van der Waals surface area contributed by atoms with Crippen LogP contribution in [0.5, 0.6) is 0 Å². The Bertz CT molecular complexity index is 472. The average molecular weight is 225 g/mol. The normalized spacial score (nSPS) is 16.5. The molecule has 4 N–H and O–H groups in total. The van der Waals surface area contributed by atoms with Crippen molar-refractivity contribution in [3.63, 3.8) is 0 Å². The molecular formula is C9H9ClN4O. The fraction of sp³-hybridized carbons (Fsp3) is 0.111. The number of hydrogen-bond donors (Lipinski definition) is 3. The molecule has 2 rings (SSSR count). The number of nitrogens with zero attached hydrogens (tertiary/aromatic N) is 2. The molecule has 0 bridgehead atoms. The van der Waals surface area contributed by atoms with Gasteiger partial charge in [0, 0.05) is 22.6 Å². The van der Waals surface area contributed by atoms with Crippen molar-refractivity contribution < 1.29 is 5.21 Å². The number of fused-ring (bicyclic) bond motifs is 1. The molecule has 1 aliphatic rings. The van der Waals surface area contributed by atoms with Crippen LogP contribution in [-0.2, 0) is 0 Å². The number of nitrogens with one attached hydrogen (secondary N) is 1. The monoisotopic (exact) mass is 224 g/mol. The molecule has 0 atom stereocenters. The zero-order chi connectivity index (χ0) is 10.8. The lowest BCUT2D eigenvalue weighted by Gasteiger charge is -2.01. The van der Waals surface area contributed by atoms with Crippen LogP contribution in [0.1, 0.15) is 17.7 Å². The van der Waals surface area contributed by atoms with E-state index in [4.69, 9.17) is 22.5 Å². The van der Waals surface area contributed by atoms with E-state index in [2.05, 4.69) is 15.4 Å². The van der Waals surface area contributed by atoms with Gasteiger partial charge in [0.1, 0.15) is 0 Å². The minimum atomic E-state index is 0.0654. The fourth-order valence-corrected chi connectivity index (χ4v) is 1.65. The Labute approximate surface area is 90.9 Å². The Morgan fingerprint density at radius 1 is 1.60 bits per heavy atom. The molecule has 0 aromatic carbocycles. The van der Waals surface area contributed by atoms with Crippen molar-refractivity contribution in [3.8, 4) is 0 Å². The second kappa shape index (κ2) is 3.78. The summed E-state index contributed by atoms with van der Waals surface area (Å²) in [5.41, 5.74) is 7.87. The summed E-state index contributed by atoms with van der Waals surface area (Å²) in [6, 6.07) is 0. The molecule has 15 heavy (non-hydrogen) atoms. The van der Waals surface area contributed by atoms with E-state index >= 15 is 0 Å². The summed E-state index contributed by atoms with van der Waals surface area (Å²) < 4.78 is 0. The van der Waals surface area contributed by atoms with Crippen LogP contribution in [0.15, 0.2) is 22.0 Å². The smallest absolute Gasteiger partial charge is 0.166 e. The quantitative estimate of drug-likeness (QED) is 0.293. The van der Waals surface area contributed by atoms with E-state index < -0.39 is 0 Å². The Morgan fingerprint density at radius 3 is 3.13 bits per heavy atom. The number of rotatable bonds is 1. The maximum absolute atomic E-state index is 8.60. The Morgan fingerprint density at radius 2 is 2.40 bits per heavy atom. The summed E-state index contributed by atoms with van der Waals surface area (Å²) in [5.74, 6) is 0.0654. The number of halogens is 1. The number of allylic oxidation sites excluding steroid dienone is 1. The largest absolute Gasteiger partial charge is 0.409 e. The van der Waals surface area contributed by atoms with E-state index in [0.717, 1.165) is 11.3 Å². The number of H-pyrrole nitrogens is 1. The summed E-state index contributed by atoms with van der Waals surface area (Å²) in [6.45, 7) is 0. The molecule has 0 spiro atoms. The highest BCUT2D eigenvalue weighted by atomic mass is 35.5. The molecule has 0 radical (unpaired) electrons. The average Bonchev–Trinajstić information content (AvgIpc) is 2.57. The Kier molecular flexibility index (Phi) is 2.47. The first kappa shape index (κ1) is 9.79. The van der Waals surface area contributed by atoms with Gasteiger partial charge in [-0.15, -0.1) is 0 Å². The van der Waals surface area contributed by atoms with Crippen LogP contribution in [-0.4, -0.2) is 21.2 Å². The molecule has 0 amide bonds. The summed E-state index contributed by atoms with van der Waals surface area (Å²) in [5, 5.41) is 18.9. The van der Waals surface area contributed by atoms with Gasteiger partial charge in [-0.2, -0.15) is 5.10 Å². The van der Waals surface area contributed by atoms with Gasteiger partial charge < -0.3 is 10.9 Å². The minimum absolute atomic E-state index is 0.0654. The zero-order valence-corrected chi connectivity index (χ0v) is 8.49. The van der Waals surface area contributed by atoms with Gasteiger partial charge in [-0.3, -0.25) is 5.10 Å². The summed E-state index contributed by atoms with van der Waals surface area (Å²) in [7, 11) is 0. The molecule has 5 nitrogen and oxygen atoms in total. The van der Waals surface area contributed by atoms with Crippen LogP contribution >= 0.6 is 11.6 Å². The van der Waals surface area contributed by atoms with E-state index in [9.17, 15) is 0 Å². The number of aromatic nitrogens is 2. The van der Waals surface area contributed by atoms with E-state index in [1.165, 1.54) is 0 Å². The van der Waals surface area contributed by atoms with Gasteiger partial charge in [-0.1, -0.05) is 16.8 Å². The molecule has 0 fully saturated rings. The van der Waals surface area contributed by atoms with Crippen molar-refractivity contribution >= 4 is 29.6 Å². The highest BCUT2D eigenvalue weighted by molar-refractivity contribution is 6.32. The lowest BCUT2D eigenvalue weighted by molar-refractivity contribution is 0.318. The third kappa shape index (κ3) is 1.87. The second-order valence-electron chi connectivity index (χ2n) is 3.16. The molecule has 0 aliphatic heterocycles. The van der Waals surface area contributed by atoms with Crippen LogP contribution < -0.4 is 5.73 Å². The van der Waals surface area contributed by atoms with Crippen molar-refractivity contribution in [2.45, 2.75) is 6.42 Å². The van der Waals surface area contributed by atoms with Crippen molar-refractivity contribution in [1.29, 1.82) is 0 Å². The van der Waals surface area contributed by atoms with Crippen LogP contribution in [0.3, 0.4) is 0 Å². The van der Waals surface area contributed by atoms with Crippen LogP contribution in [0.2, 0.25) is 0 Å². The van der Waals surface area contributed by atoms with Gasteiger partial charge in [-0.05, 0) is 12.2 Å². The minimum Gasteiger partial charge on any atom is -0.409 e. The van der Waals surface area contributed by atoms with Crippen LogP contribution in [0.4, 0.5) is 0 Å². The van der Waals surface area contributed by atoms with E-state index in [1.54, 1.807) is 18.3 Å². The van der Waals surface area contributed by atoms with Gasteiger partial charge in [-0.25, -0.2) is 0 Å². The Hall–Kier alpha value is -1.75. The van der Waals surface area contributed by atoms with Crippen LogP contribution in [0, 0.1) is 0 Å². The number of oxime groups is 1. The van der Waals surface area contributed by atoms with E-state index in [-0.39, 0.29) is 5.84 Å².